The fourth-order valence-corrected chi connectivity index (χ4v) is 1.84. The molecule has 4 nitrogen and oxygen atoms in total. The number of rotatable bonds is 6. The Balaban J connectivity index is 2.70. The summed E-state index contributed by atoms with van der Waals surface area (Å²) < 4.78 is 0. The summed E-state index contributed by atoms with van der Waals surface area (Å²) in [5.41, 5.74) is 1.33. The van der Waals surface area contributed by atoms with Crippen molar-refractivity contribution in [3.63, 3.8) is 0 Å². The van der Waals surface area contributed by atoms with Crippen LogP contribution in [0.5, 0.6) is 0 Å². The van der Waals surface area contributed by atoms with Gasteiger partial charge in [0.25, 0.3) is 0 Å². The number of hydrogen-bond acceptors (Lipinski definition) is 3. The van der Waals surface area contributed by atoms with Gasteiger partial charge in [0.2, 0.25) is 5.91 Å². The predicted molar refractivity (Wildman–Crippen MR) is 74.1 cm³/mol. The quantitative estimate of drug-likeness (QED) is 0.831. The van der Waals surface area contributed by atoms with Gasteiger partial charge >= 0.3 is 5.97 Å². The minimum atomic E-state index is -0.874. The van der Waals surface area contributed by atoms with Crippen LogP contribution in [0.2, 0.25) is 0 Å². The Bertz CT molecular complexity index is 434. The summed E-state index contributed by atoms with van der Waals surface area (Å²) in [5, 5.41) is 11.7. The number of carboxylic acid groups (broad SMARTS) is 1. The van der Waals surface area contributed by atoms with E-state index in [0.29, 0.717) is 17.7 Å². The van der Waals surface area contributed by atoms with Crippen molar-refractivity contribution < 1.29 is 14.7 Å². The molecule has 98 valence electrons. The molecule has 2 N–H and O–H groups in total. The number of carboxylic acids is 1. The third kappa shape index (κ3) is 4.41. The Hall–Kier alpha value is -1.49. The van der Waals surface area contributed by atoms with Gasteiger partial charge in [-0.25, -0.2) is 0 Å². The molecule has 1 rings (SSSR count). The predicted octanol–water partition coefficient (Wildman–Crippen LogP) is 2.57. The van der Waals surface area contributed by atoms with Gasteiger partial charge in [0.05, 0.1) is 5.92 Å². The summed E-state index contributed by atoms with van der Waals surface area (Å²) in [7, 11) is 0. The lowest BCUT2D eigenvalue weighted by molar-refractivity contribution is -0.138. The second-order valence-electron chi connectivity index (χ2n) is 3.98. The molecule has 0 spiro atoms. The van der Waals surface area contributed by atoms with Crippen LogP contribution >= 0.6 is 11.8 Å². The summed E-state index contributed by atoms with van der Waals surface area (Å²) in [6.07, 6.45) is 2.41. The van der Waals surface area contributed by atoms with Crippen LogP contribution in [0, 0.1) is 0 Å². The average molecular weight is 267 g/mol. The Labute approximate surface area is 111 Å². The highest BCUT2D eigenvalue weighted by Crippen LogP contribution is 2.19. The molecule has 0 saturated heterocycles. The number of amides is 1. The summed E-state index contributed by atoms with van der Waals surface area (Å²) >= 11 is 1.61. The Morgan fingerprint density at radius 2 is 2.17 bits per heavy atom. The molecule has 1 atom stereocenters. The number of hydrogen-bond donors (Lipinski definition) is 2. The van der Waals surface area contributed by atoms with Crippen molar-refractivity contribution in [2.24, 2.45) is 0 Å². The first-order valence-corrected chi connectivity index (χ1v) is 7.05. The molecule has 1 aromatic carbocycles. The monoisotopic (exact) mass is 267 g/mol. The maximum atomic E-state index is 11.5. The second-order valence-corrected chi connectivity index (χ2v) is 4.96. The van der Waals surface area contributed by atoms with Gasteiger partial charge in [0, 0.05) is 17.9 Å². The van der Waals surface area contributed by atoms with Crippen LogP contribution in [0.15, 0.2) is 24.3 Å². The van der Waals surface area contributed by atoms with Gasteiger partial charge in [-0.3, -0.25) is 9.59 Å². The molecule has 0 aliphatic carbocycles. The maximum Gasteiger partial charge on any atom is 0.310 e. The Morgan fingerprint density at radius 3 is 2.78 bits per heavy atom. The molecule has 1 amide bonds. The zero-order valence-corrected chi connectivity index (χ0v) is 11.3. The van der Waals surface area contributed by atoms with Crippen molar-refractivity contribution >= 4 is 29.3 Å². The molecular formula is C13H17NO3S. The zero-order chi connectivity index (χ0) is 13.5. The van der Waals surface area contributed by atoms with E-state index < -0.39 is 11.9 Å². The molecule has 18 heavy (non-hydrogen) atoms. The van der Waals surface area contributed by atoms with E-state index in [1.165, 1.54) is 0 Å². The number of nitrogens with one attached hydrogen (secondary N) is 1. The first-order valence-electron chi connectivity index (χ1n) is 5.66. The average Bonchev–Trinajstić information content (AvgIpc) is 2.35. The third-order valence-electron chi connectivity index (χ3n) is 2.57. The van der Waals surface area contributed by atoms with E-state index in [1.54, 1.807) is 43.0 Å². The number of benzene rings is 1. The SMILES string of the molecule is CSCCC(=O)Nc1cccc(C(C)C(=O)O)c1. The summed E-state index contributed by atoms with van der Waals surface area (Å²) in [6, 6.07) is 6.96. The highest BCUT2D eigenvalue weighted by Gasteiger charge is 2.14. The van der Waals surface area contributed by atoms with E-state index in [0.717, 1.165) is 5.75 Å². The van der Waals surface area contributed by atoms with Crippen LogP contribution in [0.4, 0.5) is 5.69 Å². The minimum Gasteiger partial charge on any atom is -0.481 e. The van der Waals surface area contributed by atoms with Crippen LogP contribution < -0.4 is 5.32 Å². The Morgan fingerprint density at radius 1 is 1.44 bits per heavy atom. The molecule has 0 saturated carbocycles. The first-order chi connectivity index (χ1) is 8.54. The van der Waals surface area contributed by atoms with Gasteiger partial charge in [-0.2, -0.15) is 11.8 Å². The summed E-state index contributed by atoms with van der Waals surface area (Å²) in [4.78, 5) is 22.4. The smallest absolute Gasteiger partial charge is 0.310 e. The van der Waals surface area contributed by atoms with E-state index in [4.69, 9.17) is 5.11 Å². The van der Waals surface area contributed by atoms with Crippen LogP contribution in [-0.4, -0.2) is 29.0 Å². The third-order valence-corrected chi connectivity index (χ3v) is 3.19. The van der Waals surface area contributed by atoms with Gasteiger partial charge < -0.3 is 10.4 Å². The second kappa shape index (κ2) is 7.06. The van der Waals surface area contributed by atoms with Crippen molar-refractivity contribution in [1.82, 2.24) is 0 Å². The van der Waals surface area contributed by atoms with Gasteiger partial charge in [0.1, 0.15) is 0 Å². The molecule has 5 heteroatoms. The molecule has 0 heterocycles. The van der Waals surface area contributed by atoms with E-state index in [2.05, 4.69) is 5.32 Å². The molecule has 0 bridgehead atoms. The van der Waals surface area contributed by atoms with Gasteiger partial charge in [-0.05, 0) is 30.9 Å². The zero-order valence-electron chi connectivity index (χ0n) is 10.5. The van der Waals surface area contributed by atoms with E-state index in [1.807, 2.05) is 6.26 Å². The first kappa shape index (κ1) is 14.6. The number of thioether (sulfide) groups is 1. The number of carbonyl (C=O) groups is 2. The van der Waals surface area contributed by atoms with Crippen molar-refractivity contribution in [2.75, 3.05) is 17.3 Å². The molecule has 1 aromatic rings. The van der Waals surface area contributed by atoms with Crippen molar-refractivity contribution in [2.45, 2.75) is 19.3 Å². The molecular weight excluding hydrogens is 250 g/mol. The molecule has 1 unspecified atom stereocenters. The molecule has 0 aliphatic heterocycles. The molecule has 0 radical (unpaired) electrons. The highest BCUT2D eigenvalue weighted by molar-refractivity contribution is 7.98. The fourth-order valence-electron chi connectivity index (χ4n) is 1.45. The van der Waals surface area contributed by atoms with Crippen LogP contribution in [0.3, 0.4) is 0 Å². The number of aliphatic carboxylic acids is 1. The highest BCUT2D eigenvalue weighted by atomic mass is 32.2. The largest absolute Gasteiger partial charge is 0.481 e. The Kier molecular flexibility index (Phi) is 5.71. The fraction of sp³-hybridized carbons (Fsp3) is 0.385. The van der Waals surface area contributed by atoms with Crippen molar-refractivity contribution in [1.29, 1.82) is 0 Å². The lowest BCUT2D eigenvalue weighted by atomic mass is 10.0. The summed E-state index contributed by atoms with van der Waals surface area (Å²) in [5.74, 6) is -0.727. The van der Waals surface area contributed by atoms with Gasteiger partial charge in [-0.15, -0.1) is 0 Å². The minimum absolute atomic E-state index is 0.0514. The molecule has 0 fully saturated rings. The lowest BCUT2D eigenvalue weighted by Crippen LogP contribution is -2.13. The van der Waals surface area contributed by atoms with Gasteiger partial charge in [-0.1, -0.05) is 12.1 Å². The summed E-state index contributed by atoms with van der Waals surface area (Å²) in [6.45, 7) is 1.62. The van der Waals surface area contributed by atoms with Crippen LogP contribution in [0.25, 0.3) is 0 Å². The lowest BCUT2D eigenvalue weighted by Gasteiger charge is -2.09. The van der Waals surface area contributed by atoms with E-state index in [9.17, 15) is 9.59 Å². The van der Waals surface area contributed by atoms with Crippen LogP contribution in [0.1, 0.15) is 24.8 Å². The van der Waals surface area contributed by atoms with E-state index in [-0.39, 0.29) is 5.91 Å². The van der Waals surface area contributed by atoms with Crippen LogP contribution in [-0.2, 0) is 9.59 Å². The maximum absolute atomic E-state index is 11.5. The number of anilines is 1. The van der Waals surface area contributed by atoms with Crippen molar-refractivity contribution in [3.8, 4) is 0 Å². The standard InChI is InChI=1S/C13H17NO3S/c1-9(13(16)17)10-4-3-5-11(8-10)14-12(15)6-7-18-2/h3-5,8-9H,6-7H2,1-2H3,(H,14,15)(H,16,17). The number of carbonyl (C=O) groups excluding carboxylic acids is 1. The van der Waals surface area contributed by atoms with E-state index >= 15 is 0 Å². The normalized spacial score (nSPS) is 11.9. The molecule has 0 aromatic heterocycles. The van der Waals surface area contributed by atoms with Gasteiger partial charge in [0.15, 0.2) is 0 Å². The topological polar surface area (TPSA) is 66.4 Å². The van der Waals surface area contributed by atoms with Crippen molar-refractivity contribution in [3.05, 3.63) is 29.8 Å². The molecule has 0 aliphatic rings.